The molecular weight excluding hydrogens is 232 g/mol. The highest BCUT2D eigenvalue weighted by atomic mass is 16.5. The summed E-state index contributed by atoms with van der Waals surface area (Å²) in [6.07, 6.45) is 5.19. The standard InChI is InChI=1S/C12H18N4O2/c1-3-18-11(17)10-8-15-12(16-9(10)2)14-7-5-4-6-13/h4-5,8H,3,6-7,13H2,1-2H3,(H,14,15,16)/b5-4+. The molecule has 0 aliphatic carbocycles. The first kappa shape index (κ1) is 14.1. The highest BCUT2D eigenvalue weighted by molar-refractivity contribution is 5.90. The maximum atomic E-state index is 11.5. The monoisotopic (exact) mass is 250 g/mol. The molecule has 98 valence electrons. The number of rotatable bonds is 6. The third kappa shape index (κ3) is 4.14. The molecule has 0 bridgehead atoms. The van der Waals surface area contributed by atoms with E-state index in [9.17, 15) is 4.79 Å². The second-order valence-electron chi connectivity index (χ2n) is 3.50. The Bertz CT molecular complexity index is 432. The third-order valence-electron chi connectivity index (χ3n) is 2.16. The van der Waals surface area contributed by atoms with Gasteiger partial charge in [-0.1, -0.05) is 12.2 Å². The molecule has 18 heavy (non-hydrogen) atoms. The van der Waals surface area contributed by atoms with Gasteiger partial charge in [0.2, 0.25) is 5.95 Å². The molecule has 6 heteroatoms. The van der Waals surface area contributed by atoms with Crippen LogP contribution in [0, 0.1) is 6.92 Å². The smallest absolute Gasteiger partial charge is 0.341 e. The van der Waals surface area contributed by atoms with Crippen LogP contribution in [0.5, 0.6) is 0 Å². The van der Waals surface area contributed by atoms with Gasteiger partial charge in [-0.05, 0) is 13.8 Å². The number of aryl methyl sites for hydroxylation is 1. The minimum absolute atomic E-state index is 0.335. The normalized spacial score (nSPS) is 10.6. The number of hydrogen-bond acceptors (Lipinski definition) is 6. The van der Waals surface area contributed by atoms with Gasteiger partial charge in [-0.25, -0.2) is 14.8 Å². The van der Waals surface area contributed by atoms with Gasteiger partial charge in [0.25, 0.3) is 0 Å². The van der Waals surface area contributed by atoms with Crippen LogP contribution in [0.15, 0.2) is 18.3 Å². The minimum atomic E-state index is -0.399. The summed E-state index contributed by atoms with van der Waals surface area (Å²) in [5, 5.41) is 3.00. The fraction of sp³-hybridized carbons (Fsp3) is 0.417. The Morgan fingerprint density at radius 3 is 2.94 bits per heavy atom. The van der Waals surface area contributed by atoms with E-state index in [0.29, 0.717) is 36.9 Å². The molecule has 0 aliphatic rings. The summed E-state index contributed by atoms with van der Waals surface area (Å²) in [6, 6.07) is 0. The summed E-state index contributed by atoms with van der Waals surface area (Å²) >= 11 is 0. The van der Waals surface area contributed by atoms with Crippen molar-refractivity contribution >= 4 is 11.9 Å². The molecular formula is C12H18N4O2. The number of aromatic nitrogens is 2. The molecule has 1 heterocycles. The van der Waals surface area contributed by atoms with E-state index < -0.39 is 5.97 Å². The Morgan fingerprint density at radius 1 is 1.56 bits per heavy atom. The number of hydrogen-bond donors (Lipinski definition) is 2. The van der Waals surface area contributed by atoms with Crippen LogP contribution in [0.1, 0.15) is 23.0 Å². The van der Waals surface area contributed by atoms with Crippen molar-refractivity contribution in [2.45, 2.75) is 13.8 Å². The Kier molecular flexibility index (Phi) is 5.79. The quantitative estimate of drug-likeness (QED) is 0.575. The first-order chi connectivity index (χ1) is 8.69. The first-order valence-electron chi connectivity index (χ1n) is 5.78. The van der Waals surface area contributed by atoms with Gasteiger partial charge in [0.1, 0.15) is 0 Å². The highest BCUT2D eigenvalue weighted by Crippen LogP contribution is 2.08. The van der Waals surface area contributed by atoms with Crippen molar-refractivity contribution in [3.8, 4) is 0 Å². The van der Waals surface area contributed by atoms with Crippen LogP contribution in [-0.4, -0.2) is 35.6 Å². The molecule has 0 amide bonds. The van der Waals surface area contributed by atoms with Gasteiger partial charge in [0, 0.05) is 19.3 Å². The fourth-order valence-corrected chi connectivity index (χ4v) is 1.29. The second kappa shape index (κ2) is 7.39. The third-order valence-corrected chi connectivity index (χ3v) is 2.16. The van der Waals surface area contributed by atoms with Crippen LogP contribution in [0.25, 0.3) is 0 Å². The maximum absolute atomic E-state index is 11.5. The first-order valence-corrected chi connectivity index (χ1v) is 5.78. The number of nitrogens with two attached hydrogens (primary N) is 1. The van der Waals surface area contributed by atoms with E-state index in [1.807, 2.05) is 12.2 Å². The molecule has 0 saturated heterocycles. The van der Waals surface area contributed by atoms with Crippen LogP contribution in [0.3, 0.4) is 0 Å². The number of anilines is 1. The van der Waals surface area contributed by atoms with E-state index in [2.05, 4.69) is 15.3 Å². The van der Waals surface area contributed by atoms with Crippen molar-refractivity contribution in [1.29, 1.82) is 0 Å². The summed E-state index contributed by atoms with van der Waals surface area (Å²) in [4.78, 5) is 19.8. The topological polar surface area (TPSA) is 90.1 Å². The van der Waals surface area contributed by atoms with E-state index in [4.69, 9.17) is 10.5 Å². The van der Waals surface area contributed by atoms with Crippen LogP contribution in [-0.2, 0) is 4.74 Å². The lowest BCUT2D eigenvalue weighted by molar-refractivity contribution is 0.0524. The zero-order valence-corrected chi connectivity index (χ0v) is 10.6. The summed E-state index contributed by atoms with van der Waals surface area (Å²) in [5.74, 6) is 0.0757. The lowest BCUT2D eigenvalue weighted by atomic mass is 10.2. The van der Waals surface area contributed by atoms with Gasteiger partial charge in [0.15, 0.2) is 0 Å². The zero-order chi connectivity index (χ0) is 13.4. The zero-order valence-electron chi connectivity index (χ0n) is 10.6. The number of nitrogens with zero attached hydrogens (tertiary/aromatic N) is 2. The van der Waals surface area contributed by atoms with Crippen molar-refractivity contribution in [2.75, 3.05) is 25.0 Å². The average Bonchev–Trinajstić information content (AvgIpc) is 2.35. The number of carbonyl (C=O) groups is 1. The number of nitrogens with one attached hydrogen (secondary N) is 1. The Hall–Kier alpha value is -1.95. The molecule has 6 nitrogen and oxygen atoms in total. The number of ether oxygens (including phenoxy) is 1. The van der Waals surface area contributed by atoms with E-state index in [0.717, 1.165) is 0 Å². The Balaban J connectivity index is 2.67. The Labute approximate surface area is 106 Å². The summed E-state index contributed by atoms with van der Waals surface area (Å²) in [7, 11) is 0. The summed E-state index contributed by atoms with van der Waals surface area (Å²) in [6.45, 7) is 4.93. The molecule has 0 fully saturated rings. The molecule has 0 saturated carbocycles. The predicted molar refractivity (Wildman–Crippen MR) is 69.4 cm³/mol. The molecule has 1 aromatic heterocycles. The molecule has 0 unspecified atom stereocenters. The van der Waals surface area contributed by atoms with Gasteiger partial charge >= 0.3 is 5.97 Å². The van der Waals surface area contributed by atoms with Crippen LogP contribution >= 0.6 is 0 Å². The minimum Gasteiger partial charge on any atom is -0.462 e. The molecule has 0 spiro atoms. The highest BCUT2D eigenvalue weighted by Gasteiger charge is 2.12. The molecule has 0 aliphatic heterocycles. The van der Waals surface area contributed by atoms with Crippen LogP contribution < -0.4 is 11.1 Å². The lowest BCUT2D eigenvalue weighted by Gasteiger charge is -2.06. The SMILES string of the molecule is CCOC(=O)c1cnc(NC/C=C/CN)nc1C. The van der Waals surface area contributed by atoms with Crippen molar-refractivity contribution in [1.82, 2.24) is 9.97 Å². The van der Waals surface area contributed by atoms with Crippen LogP contribution in [0.4, 0.5) is 5.95 Å². The molecule has 0 atom stereocenters. The van der Waals surface area contributed by atoms with Crippen LogP contribution in [0.2, 0.25) is 0 Å². The number of esters is 1. The van der Waals surface area contributed by atoms with E-state index in [1.54, 1.807) is 13.8 Å². The molecule has 1 aromatic rings. The van der Waals surface area contributed by atoms with Gasteiger partial charge in [-0.3, -0.25) is 0 Å². The second-order valence-corrected chi connectivity index (χ2v) is 3.50. The van der Waals surface area contributed by atoms with Crippen molar-refractivity contribution in [3.05, 3.63) is 29.6 Å². The van der Waals surface area contributed by atoms with Gasteiger partial charge in [-0.2, -0.15) is 0 Å². The molecule has 3 N–H and O–H groups in total. The molecule has 0 aromatic carbocycles. The van der Waals surface area contributed by atoms with Crippen molar-refractivity contribution in [2.24, 2.45) is 5.73 Å². The van der Waals surface area contributed by atoms with Gasteiger partial charge in [0.05, 0.1) is 17.9 Å². The lowest BCUT2D eigenvalue weighted by Crippen LogP contribution is -2.11. The summed E-state index contributed by atoms with van der Waals surface area (Å²) < 4.78 is 4.90. The van der Waals surface area contributed by atoms with E-state index in [-0.39, 0.29) is 0 Å². The molecule has 0 radical (unpaired) electrons. The summed E-state index contributed by atoms with van der Waals surface area (Å²) in [5.41, 5.74) is 6.30. The van der Waals surface area contributed by atoms with Crippen molar-refractivity contribution < 1.29 is 9.53 Å². The van der Waals surface area contributed by atoms with Crippen molar-refractivity contribution in [3.63, 3.8) is 0 Å². The molecule has 1 rings (SSSR count). The number of carbonyl (C=O) groups excluding carboxylic acids is 1. The predicted octanol–water partition coefficient (Wildman–Crippen LogP) is 0.889. The van der Waals surface area contributed by atoms with Gasteiger partial charge in [-0.15, -0.1) is 0 Å². The fourth-order valence-electron chi connectivity index (χ4n) is 1.29. The Morgan fingerprint density at radius 2 is 2.33 bits per heavy atom. The maximum Gasteiger partial charge on any atom is 0.341 e. The van der Waals surface area contributed by atoms with E-state index in [1.165, 1.54) is 6.20 Å². The van der Waals surface area contributed by atoms with E-state index >= 15 is 0 Å². The average molecular weight is 250 g/mol. The largest absolute Gasteiger partial charge is 0.462 e. The van der Waals surface area contributed by atoms with Gasteiger partial charge < -0.3 is 15.8 Å².